The van der Waals surface area contributed by atoms with Gasteiger partial charge in [0.2, 0.25) is 0 Å². The summed E-state index contributed by atoms with van der Waals surface area (Å²) < 4.78 is 4.27. The number of aromatic carboxylic acids is 1. The summed E-state index contributed by atoms with van der Waals surface area (Å²) in [6.07, 6.45) is 0. The number of aromatic hydroxyl groups is 2. The molecule has 1 aromatic heterocycles. The average molecular weight is 218 g/mol. The average Bonchev–Trinajstić information content (AvgIpc) is 2.43. The third kappa shape index (κ3) is 1.49. The van der Waals surface area contributed by atoms with Crippen molar-refractivity contribution in [2.24, 2.45) is 0 Å². The molecule has 1 aromatic rings. The van der Waals surface area contributed by atoms with Crippen LogP contribution < -0.4 is 0 Å². The van der Waals surface area contributed by atoms with Crippen molar-refractivity contribution in [3.8, 4) is 11.5 Å². The molecule has 0 bridgehead atoms. The van der Waals surface area contributed by atoms with Gasteiger partial charge in [0.1, 0.15) is 0 Å². The Labute approximate surface area is 82.0 Å². The quantitative estimate of drug-likeness (QED) is 0.629. The Morgan fingerprint density at radius 1 is 1.21 bits per heavy atom. The molecule has 0 aliphatic carbocycles. The summed E-state index contributed by atoms with van der Waals surface area (Å²) in [5, 5.41) is 26.8. The highest BCUT2D eigenvalue weighted by molar-refractivity contribution is 7.16. The van der Waals surface area contributed by atoms with Gasteiger partial charge >= 0.3 is 11.9 Å². The molecule has 0 aromatic carbocycles. The Morgan fingerprint density at radius 2 is 1.71 bits per heavy atom. The van der Waals surface area contributed by atoms with Gasteiger partial charge in [0.15, 0.2) is 21.3 Å². The van der Waals surface area contributed by atoms with Crippen LogP contribution in [0, 0.1) is 0 Å². The van der Waals surface area contributed by atoms with Crippen LogP contribution >= 0.6 is 11.3 Å². The molecule has 0 radical (unpaired) electrons. The number of carboxylic acids is 1. The standard InChI is InChI=1S/C7H6O6S/c1-13-7(12)5-3(9)2(8)4(14-5)6(10)11/h8-9H,1H3,(H,10,11). The molecule has 0 spiro atoms. The fraction of sp³-hybridized carbons (Fsp3) is 0.143. The van der Waals surface area contributed by atoms with E-state index in [0.29, 0.717) is 11.3 Å². The first-order valence-corrected chi connectivity index (χ1v) is 4.17. The summed E-state index contributed by atoms with van der Waals surface area (Å²) in [4.78, 5) is 20.6. The number of carbonyl (C=O) groups excluding carboxylic acids is 1. The highest BCUT2D eigenvalue weighted by atomic mass is 32.1. The monoisotopic (exact) mass is 218 g/mol. The van der Waals surface area contributed by atoms with Crippen LogP contribution in [-0.4, -0.2) is 34.4 Å². The number of ether oxygens (including phenoxy) is 1. The molecule has 1 rings (SSSR count). The lowest BCUT2D eigenvalue weighted by Gasteiger charge is -1.94. The van der Waals surface area contributed by atoms with Gasteiger partial charge in [-0.15, -0.1) is 11.3 Å². The summed E-state index contributed by atoms with van der Waals surface area (Å²) in [5.41, 5.74) is 0. The van der Waals surface area contributed by atoms with E-state index in [1.165, 1.54) is 0 Å². The zero-order valence-corrected chi connectivity index (χ0v) is 7.79. The number of carboxylic acid groups (broad SMARTS) is 1. The fourth-order valence-corrected chi connectivity index (χ4v) is 1.63. The first kappa shape index (κ1) is 10.3. The smallest absolute Gasteiger partial charge is 0.352 e. The zero-order valence-electron chi connectivity index (χ0n) is 6.97. The van der Waals surface area contributed by atoms with E-state index in [9.17, 15) is 9.59 Å². The van der Waals surface area contributed by atoms with Crippen LogP contribution in [0.2, 0.25) is 0 Å². The van der Waals surface area contributed by atoms with Crippen LogP contribution in [0.3, 0.4) is 0 Å². The highest BCUT2D eigenvalue weighted by Gasteiger charge is 2.26. The molecule has 0 saturated carbocycles. The maximum Gasteiger partial charge on any atom is 0.352 e. The number of hydrogen-bond donors (Lipinski definition) is 3. The van der Waals surface area contributed by atoms with Crippen LogP contribution in [0.25, 0.3) is 0 Å². The summed E-state index contributed by atoms with van der Waals surface area (Å²) in [6.45, 7) is 0. The lowest BCUT2D eigenvalue weighted by Crippen LogP contribution is -1.97. The second-order valence-corrected chi connectivity index (χ2v) is 3.27. The van der Waals surface area contributed by atoms with Crippen LogP contribution in [0.15, 0.2) is 0 Å². The van der Waals surface area contributed by atoms with Gasteiger partial charge in [-0.3, -0.25) is 0 Å². The van der Waals surface area contributed by atoms with E-state index in [1.54, 1.807) is 0 Å². The molecule has 0 atom stereocenters. The Hall–Kier alpha value is -1.76. The number of carbonyl (C=O) groups is 2. The minimum absolute atomic E-state index is 0.331. The number of methoxy groups -OCH3 is 1. The largest absolute Gasteiger partial charge is 0.503 e. The predicted molar refractivity (Wildman–Crippen MR) is 45.9 cm³/mol. The zero-order chi connectivity index (χ0) is 10.9. The summed E-state index contributed by atoms with van der Waals surface area (Å²) in [6, 6.07) is 0. The number of esters is 1. The third-order valence-electron chi connectivity index (χ3n) is 1.42. The van der Waals surface area contributed by atoms with Crippen LogP contribution in [0.1, 0.15) is 19.3 Å². The lowest BCUT2D eigenvalue weighted by atomic mass is 10.3. The molecule has 6 nitrogen and oxygen atoms in total. The molecule has 7 heteroatoms. The molecular weight excluding hydrogens is 212 g/mol. The summed E-state index contributed by atoms with van der Waals surface area (Å²) in [5.74, 6) is -3.89. The topological polar surface area (TPSA) is 104 Å². The molecule has 0 amide bonds. The third-order valence-corrected chi connectivity index (χ3v) is 2.56. The molecule has 1 heterocycles. The van der Waals surface area contributed by atoms with Gasteiger partial charge in [-0.1, -0.05) is 0 Å². The molecular formula is C7H6O6S. The second kappa shape index (κ2) is 3.54. The first-order valence-electron chi connectivity index (χ1n) is 3.35. The van der Waals surface area contributed by atoms with Gasteiger partial charge in [0.05, 0.1) is 7.11 Å². The van der Waals surface area contributed by atoms with E-state index < -0.39 is 28.3 Å². The maximum atomic E-state index is 10.9. The molecule has 0 fully saturated rings. The summed E-state index contributed by atoms with van der Waals surface area (Å²) in [7, 11) is 1.08. The fourth-order valence-electron chi connectivity index (χ4n) is 0.790. The Bertz CT molecular complexity index is 393. The Morgan fingerprint density at radius 3 is 2.07 bits per heavy atom. The predicted octanol–water partition coefficient (Wildman–Crippen LogP) is 0.644. The van der Waals surface area contributed by atoms with Gasteiger partial charge in [0.25, 0.3) is 0 Å². The summed E-state index contributed by atoms with van der Waals surface area (Å²) >= 11 is 0.453. The Kier molecular flexibility index (Phi) is 2.61. The van der Waals surface area contributed by atoms with Crippen LogP contribution in [0.5, 0.6) is 11.5 Å². The number of rotatable bonds is 2. The van der Waals surface area contributed by atoms with Crippen molar-refractivity contribution in [1.29, 1.82) is 0 Å². The van der Waals surface area contributed by atoms with Gasteiger partial charge in [-0.25, -0.2) is 9.59 Å². The Balaban J connectivity index is 3.28. The van der Waals surface area contributed by atoms with E-state index in [1.807, 2.05) is 0 Å². The molecule has 0 aliphatic heterocycles. The van der Waals surface area contributed by atoms with Crippen molar-refractivity contribution >= 4 is 23.3 Å². The highest BCUT2D eigenvalue weighted by Crippen LogP contribution is 2.40. The molecule has 76 valence electrons. The molecule has 14 heavy (non-hydrogen) atoms. The van der Waals surface area contributed by atoms with E-state index in [-0.39, 0.29) is 4.88 Å². The maximum absolute atomic E-state index is 10.9. The minimum Gasteiger partial charge on any atom is -0.503 e. The van der Waals surface area contributed by atoms with Crippen molar-refractivity contribution in [2.45, 2.75) is 0 Å². The van der Waals surface area contributed by atoms with Gasteiger partial charge in [-0.05, 0) is 0 Å². The van der Waals surface area contributed by atoms with Crippen molar-refractivity contribution in [3.05, 3.63) is 9.75 Å². The number of thiophene rings is 1. The SMILES string of the molecule is COC(=O)c1sc(C(=O)O)c(O)c1O. The van der Waals surface area contributed by atoms with Gasteiger partial charge in [0, 0.05) is 0 Å². The molecule has 0 unspecified atom stereocenters. The van der Waals surface area contributed by atoms with Crippen molar-refractivity contribution in [1.82, 2.24) is 0 Å². The molecule has 0 saturated heterocycles. The molecule has 0 aliphatic rings. The van der Waals surface area contributed by atoms with Crippen molar-refractivity contribution in [3.63, 3.8) is 0 Å². The lowest BCUT2D eigenvalue weighted by molar-refractivity contribution is 0.0602. The van der Waals surface area contributed by atoms with Crippen molar-refractivity contribution < 1.29 is 29.6 Å². The second-order valence-electron chi connectivity index (χ2n) is 2.25. The van der Waals surface area contributed by atoms with Crippen LogP contribution in [0.4, 0.5) is 0 Å². The minimum atomic E-state index is -1.42. The van der Waals surface area contributed by atoms with Gasteiger partial charge < -0.3 is 20.1 Å². The first-order chi connectivity index (χ1) is 6.49. The van der Waals surface area contributed by atoms with E-state index in [4.69, 9.17) is 15.3 Å². The van der Waals surface area contributed by atoms with E-state index >= 15 is 0 Å². The van der Waals surface area contributed by atoms with E-state index in [0.717, 1.165) is 7.11 Å². The van der Waals surface area contributed by atoms with E-state index in [2.05, 4.69) is 4.74 Å². The van der Waals surface area contributed by atoms with Gasteiger partial charge in [-0.2, -0.15) is 0 Å². The van der Waals surface area contributed by atoms with Crippen molar-refractivity contribution in [2.75, 3.05) is 7.11 Å². The molecule has 3 N–H and O–H groups in total. The normalized spacial score (nSPS) is 9.79. The van der Waals surface area contributed by atoms with Crippen LogP contribution in [-0.2, 0) is 4.74 Å². The number of hydrogen-bond acceptors (Lipinski definition) is 6.